The summed E-state index contributed by atoms with van der Waals surface area (Å²) in [4.78, 5) is 26.7. The molecule has 0 bridgehead atoms. The number of aryl methyl sites for hydroxylation is 2. The van der Waals surface area contributed by atoms with E-state index in [-0.39, 0.29) is 17.2 Å². The van der Waals surface area contributed by atoms with E-state index in [0.717, 1.165) is 5.56 Å². The fraction of sp³-hybridized carbons (Fsp3) is 0.0833. The number of nitrogen functional groups attached to an aromatic ring is 5. The maximum Gasteiger partial charge on any atom is 0.292 e. The lowest BCUT2D eigenvalue weighted by Gasteiger charge is -2.03. The number of nitrogens with two attached hydrogens (primary N) is 5. The van der Waals surface area contributed by atoms with Gasteiger partial charge in [-0.05, 0) is 18.2 Å². The fourth-order valence-electron chi connectivity index (χ4n) is 4.19. The van der Waals surface area contributed by atoms with Gasteiger partial charge in [-0.3, -0.25) is 10.1 Å². The van der Waals surface area contributed by atoms with Crippen molar-refractivity contribution >= 4 is 56.5 Å². The highest BCUT2D eigenvalue weighted by Crippen LogP contribution is 2.34. The Balaban J connectivity index is 0.000000162. The molecule has 4 aromatic heterocycles. The van der Waals surface area contributed by atoms with Crippen LogP contribution in [0.1, 0.15) is 0 Å². The van der Waals surface area contributed by atoms with Crippen molar-refractivity contribution in [3.05, 3.63) is 59.2 Å². The maximum atomic E-state index is 11.0. The molecule has 4 heterocycles. The fourth-order valence-corrected chi connectivity index (χ4v) is 4.19. The third kappa shape index (κ3) is 4.34. The quantitative estimate of drug-likeness (QED) is 0.122. The van der Waals surface area contributed by atoms with Crippen LogP contribution in [-0.2, 0) is 14.1 Å². The zero-order chi connectivity index (χ0) is 28.7. The number of aromatic nitrogens is 8. The van der Waals surface area contributed by atoms with Crippen molar-refractivity contribution in [2.75, 3.05) is 28.7 Å². The molecule has 2 aromatic carbocycles. The zero-order valence-corrected chi connectivity index (χ0v) is 21.3. The van der Waals surface area contributed by atoms with Crippen LogP contribution in [0.15, 0.2) is 49.1 Å². The molecule has 0 saturated heterocycles. The Bertz CT molecular complexity index is 1930. The molecule has 0 fully saturated rings. The monoisotopic (exact) mass is 540 g/mol. The number of hydrogen-bond acceptors (Lipinski definition) is 13. The molecule has 0 amide bonds. The lowest BCUT2D eigenvalue weighted by molar-refractivity contribution is -0.383. The summed E-state index contributed by atoms with van der Waals surface area (Å²) >= 11 is 0. The third-order valence-corrected chi connectivity index (χ3v) is 6.16. The molecule has 10 N–H and O–H groups in total. The molecule has 16 nitrogen and oxygen atoms in total. The molecule has 0 aliphatic carbocycles. The first-order chi connectivity index (χ1) is 19.1. The summed E-state index contributed by atoms with van der Waals surface area (Å²) in [5.74, 6) is 0.658. The van der Waals surface area contributed by atoms with Gasteiger partial charge in [-0.1, -0.05) is 12.1 Å². The molecule has 0 atom stereocenters. The second-order valence-corrected chi connectivity index (χ2v) is 8.73. The van der Waals surface area contributed by atoms with Crippen LogP contribution in [-0.4, -0.2) is 44.4 Å². The number of hydrogen-bond donors (Lipinski definition) is 5. The molecule has 6 rings (SSSR count). The van der Waals surface area contributed by atoms with Gasteiger partial charge in [0.15, 0.2) is 11.3 Å². The molecule has 0 aliphatic rings. The molecule has 0 saturated carbocycles. The van der Waals surface area contributed by atoms with Gasteiger partial charge in [-0.25, -0.2) is 29.3 Å². The van der Waals surface area contributed by atoms with Crippen LogP contribution >= 0.6 is 0 Å². The first kappa shape index (κ1) is 25.6. The smallest absolute Gasteiger partial charge is 0.292 e. The van der Waals surface area contributed by atoms with Crippen molar-refractivity contribution in [3.8, 4) is 22.5 Å². The Morgan fingerprint density at radius 1 is 0.675 bits per heavy atom. The highest BCUT2D eigenvalue weighted by Gasteiger charge is 2.19. The Morgan fingerprint density at radius 2 is 1.15 bits per heavy atom. The topological polar surface area (TPSA) is 260 Å². The molecule has 16 heteroatoms. The van der Waals surface area contributed by atoms with Crippen LogP contribution in [0.5, 0.6) is 0 Å². The Hall–Kier alpha value is -6.06. The van der Waals surface area contributed by atoms with Gasteiger partial charge >= 0.3 is 0 Å². The van der Waals surface area contributed by atoms with E-state index in [1.165, 1.54) is 24.8 Å². The number of anilines is 5. The van der Waals surface area contributed by atoms with Crippen molar-refractivity contribution < 1.29 is 4.92 Å². The molecule has 6 aromatic rings. The Labute approximate surface area is 225 Å². The molecule has 0 spiro atoms. The number of fused-ring (bicyclic) bond motifs is 2. The van der Waals surface area contributed by atoms with E-state index < -0.39 is 4.92 Å². The van der Waals surface area contributed by atoms with Gasteiger partial charge < -0.3 is 28.7 Å². The third-order valence-electron chi connectivity index (χ3n) is 6.16. The van der Waals surface area contributed by atoms with E-state index in [9.17, 15) is 10.1 Å². The Kier molecular flexibility index (Phi) is 6.19. The summed E-state index contributed by atoms with van der Waals surface area (Å²) in [6, 6.07) is 9.84. The largest absolute Gasteiger partial charge is 0.397 e. The second-order valence-electron chi connectivity index (χ2n) is 8.73. The standard InChI is InChI=1S/C12H11N7O2.C12H13N7/c1-18-12-9(11(14)15-5-16-12)10(17-18)6-2-3-7(13)8(4-6)19(20)21;1-19-12-9(11(15)16-5-17-12)10(18-19)6-2-3-7(13)8(14)4-6/h2-5H,13H2,1H3,(H2,14,15,16);2-5H,13-14H2,1H3,(H2,15,16,17). The molecule has 0 radical (unpaired) electrons. The predicted molar refractivity (Wildman–Crippen MR) is 152 cm³/mol. The van der Waals surface area contributed by atoms with Crippen molar-refractivity contribution in [3.63, 3.8) is 0 Å². The first-order valence-corrected chi connectivity index (χ1v) is 11.6. The van der Waals surface area contributed by atoms with Crippen molar-refractivity contribution in [2.24, 2.45) is 14.1 Å². The number of benzene rings is 2. The van der Waals surface area contributed by atoms with Crippen LogP contribution in [0.25, 0.3) is 44.6 Å². The van der Waals surface area contributed by atoms with Crippen molar-refractivity contribution in [1.82, 2.24) is 39.5 Å². The summed E-state index contributed by atoms with van der Waals surface area (Å²) < 4.78 is 3.21. The average molecular weight is 541 g/mol. The molecule has 0 unspecified atom stereocenters. The normalized spacial score (nSPS) is 10.9. The van der Waals surface area contributed by atoms with Crippen LogP contribution in [0.4, 0.5) is 34.4 Å². The summed E-state index contributed by atoms with van der Waals surface area (Å²) in [7, 11) is 3.52. The van der Waals surface area contributed by atoms with Crippen LogP contribution < -0.4 is 28.7 Å². The first-order valence-electron chi connectivity index (χ1n) is 11.6. The van der Waals surface area contributed by atoms with E-state index in [2.05, 4.69) is 30.1 Å². The van der Waals surface area contributed by atoms with Gasteiger partial charge in [0.25, 0.3) is 5.69 Å². The van der Waals surface area contributed by atoms with E-state index in [0.29, 0.717) is 56.2 Å². The maximum absolute atomic E-state index is 11.0. The van der Waals surface area contributed by atoms with Crippen LogP contribution in [0, 0.1) is 10.1 Å². The number of nitrogens with zero attached hydrogens (tertiary/aromatic N) is 9. The van der Waals surface area contributed by atoms with Gasteiger partial charge in [0.05, 0.1) is 27.1 Å². The summed E-state index contributed by atoms with van der Waals surface area (Å²) in [6.45, 7) is 0. The lowest BCUT2D eigenvalue weighted by atomic mass is 10.1. The highest BCUT2D eigenvalue weighted by molar-refractivity contribution is 5.99. The van der Waals surface area contributed by atoms with Gasteiger partial charge in [0.2, 0.25) is 0 Å². The summed E-state index contributed by atoms with van der Waals surface area (Å²) in [6.07, 6.45) is 2.76. The van der Waals surface area contributed by atoms with E-state index in [4.69, 9.17) is 28.7 Å². The molecule has 0 aliphatic heterocycles. The summed E-state index contributed by atoms with van der Waals surface area (Å²) in [5.41, 5.74) is 33.7. The van der Waals surface area contributed by atoms with Crippen molar-refractivity contribution in [2.45, 2.75) is 0 Å². The number of nitro groups is 1. The SMILES string of the molecule is Cn1nc(-c2ccc(N)c(N)c2)c2c(N)ncnc21.Cn1nc(-c2ccc(N)c([N+](=O)[O-])c2)c2c(N)ncnc21. The molecular weight excluding hydrogens is 516 g/mol. The molecule has 202 valence electrons. The number of rotatable bonds is 3. The minimum absolute atomic E-state index is 0.0909. The van der Waals surface area contributed by atoms with E-state index >= 15 is 0 Å². The minimum atomic E-state index is -0.538. The van der Waals surface area contributed by atoms with Crippen molar-refractivity contribution in [1.29, 1.82) is 0 Å². The van der Waals surface area contributed by atoms with E-state index in [1.54, 1.807) is 41.7 Å². The highest BCUT2D eigenvalue weighted by atomic mass is 16.6. The lowest BCUT2D eigenvalue weighted by Crippen LogP contribution is -1.96. The van der Waals surface area contributed by atoms with Gasteiger partial charge in [-0.2, -0.15) is 10.2 Å². The second kappa shape index (κ2) is 9.67. The van der Waals surface area contributed by atoms with Gasteiger partial charge in [-0.15, -0.1) is 0 Å². The van der Waals surface area contributed by atoms with E-state index in [1.807, 2.05) is 6.07 Å². The number of nitro benzene ring substituents is 1. The van der Waals surface area contributed by atoms with Crippen LogP contribution in [0.2, 0.25) is 0 Å². The minimum Gasteiger partial charge on any atom is -0.397 e. The molecular formula is C24H24N14O2. The van der Waals surface area contributed by atoms with Gasteiger partial charge in [0, 0.05) is 31.3 Å². The predicted octanol–water partition coefficient (Wildman–Crippen LogP) is 1.88. The Morgan fingerprint density at radius 3 is 1.62 bits per heavy atom. The van der Waals surface area contributed by atoms with Crippen LogP contribution in [0.3, 0.4) is 0 Å². The average Bonchev–Trinajstić information content (AvgIpc) is 3.45. The molecule has 40 heavy (non-hydrogen) atoms. The van der Waals surface area contributed by atoms with Gasteiger partial charge in [0.1, 0.15) is 41.4 Å². The summed E-state index contributed by atoms with van der Waals surface area (Å²) in [5, 5.41) is 21.0. The zero-order valence-electron chi connectivity index (χ0n) is 21.3.